The van der Waals surface area contributed by atoms with Crippen molar-refractivity contribution in [2.75, 3.05) is 11.6 Å². The van der Waals surface area contributed by atoms with E-state index in [2.05, 4.69) is 10.3 Å². The Morgan fingerprint density at radius 3 is 2.67 bits per heavy atom. The molecule has 2 N–H and O–H groups in total. The number of carboxylic acids is 1. The molecule has 0 aliphatic heterocycles. The lowest BCUT2D eigenvalue weighted by atomic mass is 10.2. The number of rotatable bonds is 5. The third-order valence-corrected chi connectivity index (χ3v) is 4.78. The Kier molecular flexibility index (Phi) is 4.50. The van der Waals surface area contributed by atoms with Crippen molar-refractivity contribution in [1.82, 2.24) is 4.98 Å². The van der Waals surface area contributed by atoms with Crippen molar-refractivity contribution in [3.8, 4) is 0 Å². The van der Waals surface area contributed by atoms with Crippen LogP contribution in [0.1, 0.15) is 15.2 Å². The average molecular weight is 347 g/mol. The van der Waals surface area contributed by atoms with Crippen molar-refractivity contribution in [2.45, 2.75) is 11.4 Å². The largest absolute Gasteiger partial charge is 0.478 e. The van der Waals surface area contributed by atoms with Crippen LogP contribution in [0.15, 0.2) is 29.3 Å². The van der Waals surface area contributed by atoms with Crippen LogP contribution in [0.3, 0.4) is 0 Å². The van der Waals surface area contributed by atoms with Gasteiger partial charge in [0.2, 0.25) is 0 Å². The molecule has 0 amide bonds. The molecule has 1 heterocycles. The van der Waals surface area contributed by atoms with E-state index in [1.165, 1.54) is 23.5 Å². The van der Waals surface area contributed by atoms with E-state index in [4.69, 9.17) is 16.7 Å². The van der Waals surface area contributed by atoms with E-state index in [9.17, 15) is 13.2 Å². The third kappa shape index (κ3) is 4.16. The number of carboxylic acid groups (broad SMARTS) is 1. The molecule has 21 heavy (non-hydrogen) atoms. The van der Waals surface area contributed by atoms with E-state index in [0.717, 1.165) is 17.2 Å². The zero-order valence-corrected chi connectivity index (χ0v) is 13.2. The number of aromatic nitrogens is 1. The Hall–Kier alpha value is -1.64. The van der Waals surface area contributed by atoms with E-state index >= 15 is 0 Å². The number of sulfone groups is 1. The molecule has 0 aliphatic carbocycles. The molecule has 0 atom stereocenters. The Labute approximate surface area is 130 Å². The first kappa shape index (κ1) is 15.7. The smallest absolute Gasteiger partial charge is 0.335 e. The molecule has 0 unspecified atom stereocenters. The number of nitrogens with zero attached hydrogens (tertiary/aromatic N) is 1. The lowest BCUT2D eigenvalue weighted by Gasteiger charge is -2.08. The Morgan fingerprint density at radius 2 is 2.14 bits per heavy atom. The fourth-order valence-electron chi connectivity index (χ4n) is 1.59. The SMILES string of the molecule is CS(=O)(=O)c1cc(NCc2cnc(Cl)s2)cc(C(=O)O)c1. The molecule has 9 heteroatoms. The summed E-state index contributed by atoms with van der Waals surface area (Å²) in [6.45, 7) is 0.372. The highest BCUT2D eigenvalue weighted by atomic mass is 35.5. The van der Waals surface area contributed by atoms with Crippen LogP contribution in [0.5, 0.6) is 0 Å². The normalized spacial score (nSPS) is 11.3. The number of thiazole rings is 1. The highest BCUT2D eigenvalue weighted by Gasteiger charge is 2.13. The standard InChI is InChI=1S/C12H11ClN2O4S2/c1-21(18,19)10-3-7(11(16)17)2-8(4-10)14-5-9-6-15-12(13)20-9/h2-4,6,14H,5H2,1H3,(H,16,17). The Morgan fingerprint density at radius 1 is 1.43 bits per heavy atom. The highest BCUT2D eigenvalue weighted by molar-refractivity contribution is 7.90. The van der Waals surface area contributed by atoms with Crippen LogP contribution in [0.2, 0.25) is 4.47 Å². The van der Waals surface area contributed by atoms with Gasteiger partial charge in [-0.2, -0.15) is 0 Å². The first-order valence-electron chi connectivity index (χ1n) is 5.68. The minimum absolute atomic E-state index is 0.0489. The summed E-state index contributed by atoms with van der Waals surface area (Å²) < 4.78 is 23.6. The molecule has 112 valence electrons. The van der Waals surface area contributed by atoms with E-state index in [1.807, 2.05) is 0 Å². The van der Waals surface area contributed by atoms with Gasteiger partial charge in [-0.05, 0) is 18.2 Å². The summed E-state index contributed by atoms with van der Waals surface area (Å²) in [4.78, 5) is 15.7. The van der Waals surface area contributed by atoms with Crippen molar-refractivity contribution in [1.29, 1.82) is 0 Å². The number of benzene rings is 1. The second-order valence-corrected chi connectivity index (χ2v) is 7.97. The molecule has 0 saturated heterocycles. The summed E-state index contributed by atoms with van der Waals surface area (Å²) >= 11 is 7.00. The Balaban J connectivity index is 2.30. The highest BCUT2D eigenvalue weighted by Crippen LogP contribution is 2.22. The summed E-state index contributed by atoms with van der Waals surface area (Å²) in [6.07, 6.45) is 2.62. The zero-order chi connectivity index (χ0) is 15.6. The van der Waals surface area contributed by atoms with Gasteiger partial charge < -0.3 is 10.4 Å². The van der Waals surface area contributed by atoms with E-state index in [0.29, 0.717) is 16.7 Å². The van der Waals surface area contributed by atoms with Gasteiger partial charge in [-0.3, -0.25) is 0 Å². The summed E-state index contributed by atoms with van der Waals surface area (Å²) in [7, 11) is -3.49. The van der Waals surface area contributed by atoms with Gasteiger partial charge in [0.1, 0.15) is 0 Å². The fraction of sp³-hybridized carbons (Fsp3) is 0.167. The molecule has 0 bridgehead atoms. The van der Waals surface area contributed by atoms with Crippen LogP contribution < -0.4 is 5.32 Å². The minimum Gasteiger partial charge on any atom is -0.478 e. The van der Waals surface area contributed by atoms with E-state index in [1.54, 1.807) is 6.20 Å². The van der Waals surface area contributed by atoms with Crippen molar-refractivity contribution >= 4 is 44.4 Å². The van der Waals surface area contributed by atoms with Crippen LogP contribution in [0.4, 0.5) is 5.69 Å². The summed E-state index contributed by atoms with van der Waals surface area (Å²) in [5.74, 6) is -1.19. The fourth-order valence-corrected chi connectivity index (χ4v) is 3.19. The average Bonchev–Trinajstić information content (AvgIpc) is 2.81. The van der Waals surface area contributed by atoms with Gasteiger partial charge in [0.25, 0.3) is 0 Å². The maximum atomic E-state index is 11.6. The molecule has 0 fully saturated rings. The van der Waals surface area contributed by atoms with Crippen molar-refractivity contribution in [3.63, 3.8) is 0 Å². The number of aromatic carboxylic acids is 1. The van der Waals surface area contributed by atoms with E-state index < -0.39 is 15.8 Å². The van der Waals surface area contributed by atoms with Crippen molar-refractivity contribution < 1.29 is 18.3 Å². The number of hydrogen-bond donors (Lipinski definition) is 2. The van der Waals surface area contributed by atoms with Crippen LogP contribution in [-0.4, -0.2) is 30.7 Å². The van der Waals surface area contributed by atoms with Crippen molar-refractivity contribution in [3.05, 3.63) is 39.3 Å². The lowest BCUT2D eigenvalue weighted by molar-refractivity contribution is 0.0696. The molecule has 1 aromatic heterocycles. The molecule has 6 nitrogen and oxygen atoms in total. The van der Waals surface area contributed by atoms with Crippen LogP contribution in [0.25, 0.3) is 0 Å². The third-order valence-electron chi connectivity index (χ3n) is 2.57. The van der Waals surface area contributed by atoms with Gasteiger partial charge in [-0.15, -0.1) is 11.3 Å². The first-order chi connectivity index (χ1) is 9.75. The van der Waals surface area contributed by atoms with Crippen molar-refractivity contribution in [2.24, 2.45) is 0 Å². The molecule has 1 aromatic carbocycles. The molecular weight excluding hydrogens is 336 g/mol. The number of nitrogens with one attached hydrogen (secondary N) is 1. The molecule has 0 aliphatic rings. The second-order valence-electron chi connectivity index (χ2n) is 4.26. The van der Waals surface area contributed by atoms with Gasteiger partial charge in [0, 0.05) is 23.0 Å². The van der Waals surface area contributed by atoms with Gasteiger partial charge in [0.05, 0.1) is 17.0 Å². The molecule has 0 saturated carbocycles. The zero-order valence-electron chi connectivity index (χ0n) is 10.8. The maximum absolute atomic E-state index is 11.6. The minimum atomic E-state index is -3.49. The molecule has 0 spiro atoms. The Bertz CT molecular complexity index is 786. The predicted molar refractivity (Wildman–Crippen MR) is 81.0 cm³/mol. The van der Waals surface area contributed by atoms with Crippen LogP contribution in [-0.2, 0) is 16.4 Å². The van der Waals surface area contributed by atoms with Crippen LogP contribution in [0, 0.1) is 0 Å². The summed E-state index contributed by atoms with van der Waals surface area (Å²) in [6, 6.07) is 3.90. The van der Waals surface area contributed by atoms with Gasteiger partial charge in [0.15, 0.2) is 14.3 Å². The van der Waals surface area contributed by atoms with Gasteiger partial charge >= 0.3 is 5.97 Å². The number of anilines is 1. The topological polar surface area (TPSA) is 96.4 Å². The summed E-state index contributed by atoms with van der Waals surface area (Å²) in [5, 5.41) is 12.0. The quantitative estimate of drug-likeness (QED) is 0.863. The molecule has 2 rings (SSSR count). The van der Waals surface area contributed by atoms with Gasteiger partial charge in [-0.25, -0.2) is 18.2 Å². The number of carbonyl (C=O) groups is 1. The monoisotopic (exact) mass is 346 g/mol. The predicted octanol–water partition coefficient (Wildman–Crippen LogP) is 2.51. The molecular formula is C12H11ClN2O4S2. The van der Waals surface area contributed by atoms with Gasteiger partial charge in [-0.1, -0.05) is 11.6 Å². The maximum Gasteiger partial charge on any atom is 0.335 e. The molecule has 0 radical (unpaired) electrons. The number of halogens is 1. The second kappa shape index (κ2) is 6.00. The molecule has 2 aromatic rings. The number of hydrogen-bond acceptors (Lipinski definition) is 6. The first-order valence-corrected chi connectivity index (χ1v) is 8.77. The lowest BCUT2D eigenvalue weighted by Crippen LogP contribution is -2.05. The van der Waals surface area contributed by atoms with Crippen LogP contribution >= 0.6 is 22.9 Å². The van der Waals surface area contributed by atoms with E-state index in [-0.39, 0.29) is 10.5 Å². The summed E-state index contributed by atoms with van der Waals surface area (Å²) in [5.41, 5.74) is 0.308.